The predicted molar refractivity (Wildman–Crippen MR) is 150 cm³/mol. The number of nitrogens with zero attached hydrogens (tertiary/aromatic N) is 4. The normalized spacial score (nSPS) is 17.2. The van der Waals surface area contributed by atoms with Gasteiger partial charge >= 0.3 is 0 Å². The van der Waals surface area contributed by atoms with Crippen LogP contribution in [0.2, 0.25) is 0 Å². The maximum absolute atomic E-state index is 13.6. The van der Waals surface area contributed by atoms with Crippen LogP contribution in [0.15, 0.2) is 41.6 Å². The summed E-state index contributed by atoms with van der Waals surface area (Å²) in [5.41, 5.74) is 1.13. The van der Waals surface area contributed by atoms with Gasteiger partial charge in [-0.15, -0.1) is 10.2 Å². The number of carbonyl (C=O) groups is 1. The second-order valence-corrected chi connectivity index (χ2v) is 11.5. The maximum Gasteiger partial charge on any atom is 0.233 e. The molecule has 6 nitrogen and oxygen atoms in total. The molecule has 1 amide bonds. The van der Waals surface area contributed by atoms with Crippen LogP contribution in [0.5, 0.6) is 5.75 Å². The van der Waals surface area contributed by atoms with Gasteiger partial charge in [0.25, 0.3) is 0 Å². The quantitative estimate of drug-likeness (QED) is 0.287. The summed E-state index contributed by atoms with van der Waals surface area (Å²) in [5.74, 6) is 2.36. The average Bonchev–Trinajstić information content (AvgIpc) is 3.34. The van der Waals surface area contributed by atoms with E-state index in [2.05, 4.69) is 63.8 Å². The molecule has 7 heteroatoms. The van der Waals surface area contributed by atoms with Crippen molar-refractivity contribution in [2.24, 2.45) is 0 Å². The van der Waals surface area contributed by atoms with Crippen LogP contribution >= 0.6 is 11.8 Å². The van der Waals surface area contributed by atoms with Crippen molar-refractivity contribution in [1.29, 1.82) is 0 Å². The first-order chi connectivity index (χ1) is 18.2. The summed E-state index contributed by atoms with van der Waals surface area (Å²) in [6.45, 7) is 5.29. The Hall–Kier alpha value is -2.54. The number of thioether (sulfide) groups is 1. The number of benzene rings is 2. The summed E-state index contributed by atoms with van der Waals surface area (Å²) in [5, 5.41) is 12.1. The number of aryl methyl sites for hydroxylation is 1. The van der Waals surface area contributed by atoms with Crippen LogP contribution in [-0.2, 0) is 17.9 Å². The number of carbonyl (C=O) groups excluding carboxylic acids is 1. The fourth-order valence-electron chi connectivity index (χ4n) is 6.18. The lowest BCUT2D eigenvalue weighted by atomic mass is 9.88. The molecule has 1 heterocycles. The molecular weight excluding hydrogens is 480 g/mol. The molecule has 2 aliphatic carbocycles. The zero-order chi connectivity index (χ0) is 25.6. The molecule has 0 spiro atoms. The lowest BCUT2D eigenvalue weighted by Crippen LogP contribution is -2.49. The number of hydrogen-bond acceptors (Lipinski definition) is 5. The molecule has 1 aromatic heterocycles. The molecule has 0 atom stereocenters. The average molecular weight is 521 g/mol. The molecule has 3 aromatic rings. The summed E-state index contributed by atoms with van der Waals surface area (Å²) in [6, 6.07) is 13.3. The number of fused-ring (bicyclic) bond motifs is 1. The third-order valence-corrected chi connectivity index (χ3v) is 9.12. The van der Waals surface area contributed by atoms with Crippen LogP contribution in [0.4, 0.5) is 0 Å². The Morgan fingerprint density at radius 1 is 0.973 bits per heavy atom. The molecule has 0 aliphatic heterocycles. The summed E-state index contributed by atoms with van der Waals surface area (Å²) in [4.78, 5) is 15.9. The van der Waals surface area contributed by atoms with Crippen molar-refractivity contribution in [1.82, 2.24) is 19.7 Å². The summed E-state index contributed by atoms with van der Waals surface area (Å²) >= 11 is 1.53. The van der Waals surface area contributed by atoms with Gasteiger partial charge in [0.15, 0.2) is 11.0 Å². The Balaban J connectivity index is 1.25. The first-order valence-electron chi connectivity index (χ1n) is 14.1. The molecule has 2 aromatic carbocycles. The van der Waals surface area contributed by atoms with Crippen molar-refractivity contribution < 1.29 is 9.53 Å². The van der Waals surface area contributed by atoms with Gasteiger partial charge in [0, 0.05) is 18.6 Å². The molecule has 0 unspecified atom stereocenters. The van der Waals surface area contributed by atoms with Crippen molar-refractivity contribution >= 4 is 28.4 Å². The highest BCUT2D eigenvalue weighted by atomic mass is 32.2. The topological polar surface area (TPSA) is 60.2 Å². The van der Waals surface area contributed by atoms with Gasteiger partial charge in [-0.2, -0.15) is 0 Å². The molecule has 198 valence electrons. The highest BCUT2D eigenvalue weighted by molar-refractivity contribution is 7.99. The largest absolute Gasteiger partial charge is 0.485 e. The monoisotopic (exact) mass is 520 g/mol. The lowest BCUT2D eigenvalue weighted by Gasteiger charge is -2.41. The first kappa shape index (κ1) is 26.1. The second kappa shape index (κ2) is 12.3. The maximum atomic E-state index is 13.6. The van der Waals surface area contributed by atoms with E-state index in [9.17, 15) is 4.79 Å². The van der Waals surface area contributed by atoms with Crippen LogP contribution in [0, 0.1) is 6.92 Å². The van der Waals surface area contributed by atoms with Crippen LogP contribution < -0.4 is 4.74 Å². The van der Waals surface area contributed by atoms with Gasteiger partial charge in [0.05, 0.1) is 5.75 Å². The number of aromatic nitrogens is 3. The van der Waals surface area contributed by atoms with Crippen LogP contribution in [0.25, 0.3) is 10.8 Å². The molecule has 0 saturated heterocycles. The summed E-state index contributed by atoms with van der Waals surface area (Å²) in [6.07, 6.45) is 12.2. The molecule has 2 aliphatic rings. The van der Waals surface area contributed by atoms with Gasteiger partial charge in [0.2, 0.25) is 5.91 Å². The van der Waals surface area contributed by atoms with E-state index in [0.717, 1.165) is 54.5 Å². The number of rotatable bonds is 9. The van der Waals surface area contributed by atoms with Crippen LogP contribution in [0.1, 0.15) is 82.5 Å². The molecule has 0 N–H and O–H groups in total. The van der Waals surface area contributed by atoms with Gasteiger partial charge in [0.1, 0.15) is 12.4 Å². The highest BCUT2D eigenvalue weighted by Gasteiger charge is 2.32. The van der Waals surface area contributed by atoms with E-state index < -0.39 is 0 Å². The first-order valence-corrected chi connectivity index (χ1v) is 15.1. The minimum atomic E-state index is 0.277. The van der Waals surface area contributed by atoms with E-state index in [1.54, 1.807) is 0 Å². The van der Waals surface area contributed by atoms with Gasteiger partial charge < -0.3 is 14.2 Å². The Morgan fingerprint density at radius 2 is 1.65 bits per heavy atom. The molecule has 2 fully saturated rings. The van der Waals surface area contributed by atoms with Crippen molar-refractivity contribution in [2.45, 2.75) is 108 Å². The molecular formula is C30H40N4O2S. The molecule has 0 radical (unpaired) electrons. The fourth-order valence-corrected chi connectivity index (χ4v) is 7.07. The molecule has 2 saturated carbocycles. The van der Waals surface area contributed by atoms with E-state index in [-0.39, 0.29) is 5.91 Å². The Kier molecular flexibility index (Phi) is 8.70. The molecule has 0 bridgehead atoms. The molecule has 37 heavy (non-hydrogen) atoms. The van der Waals surface area contributed by atoms with Crippen LogP contribution in [0.3, 0.4) is 0 Å². The minimum Gasteiger partial charge on any atom is -0.485 e. The van der Waals surface area contributed by atoms with Gasteiger partial charge in [-0.3, -0.25) is 4.79 Å². The van der Waals surface area contributed by atoms with E-state index in [4.69, 9.17) is 4.74 Å². The lowest BCUT2D eigenvalue weighted by molar-refractivity contribution is -0.135. The standard InChI is InChI=1S/C30H40N4O2S/c1-3-33-28(20-36-27-19-18-23-12-10-11-17-26(23)22(27)2)31-32-30(33)37-21-29(35)34(24-13-6-4-7-14-24)25-15-8-5-9-16-25/h10-12,17-19,24-25H,3-9,13-16,20-21H2,1-2H3. The van der Waals surface area contributed by atoms with Gasteiger partial charge in [-0.05, 0) is 61.9 Å². The predicted octanol–water partition coefficient (Wildman–Crippen LogP) is 6.92. The van der Waals surface area contributed by atoms with E-state index in [1.165, 1.54) is 61.1 Å². The summed E-state index contributed by atoms with van der Waals surface area (Å²) < 4.78 is 8.28. The third kappa shape index (κ3) is 5.97. The Morgan fingerprint density at radius 3 is 2.32 bits per heavy atom. The fraction of sp³-hybridized carbons (Fsp3) is 0.567. The smallest absolute Gasteiger partial charge is 0.233 e. The zero-order valence-electron chi connectivity index (χ0n) is 22.3. The SMILES string of the molecule is CCn1c(COc2ccc3ccccc3c2C)nnc1SCC(=O)N(C1CCCCC1)C1CCCCC1. The van der Waals surface area contributed by atoms with Gasteiger partial charge in [-0.25, -0.2) is 0 Å². The van der Waals surface area contributed by atoms with E-state index in [1.807, 2.05) is 6.07 Å². The number of hydrogen-bond donors (Lipinski definition) is 0. The van der Waals surface area contributed by atoms with Gasteiger partial charge in [-0.1, -0.05) is 80.6 Å². The third-order valence-electron chi connectivity index (χ3n) is 8.16. The number of ether oxygens (including phenoxy) is 1. The van der Waals surface area contributed by atoms with Crippen molar-refractivity contribution in [3.63, 3.8) is 0 Å². The second-order valence-electron chi connectivity index (χ2n) is 10.5. The Labute approximate surface area is 225 Å². The highest BCUT2D eigenvalue weighted by Crippen LogP contribution is 2.32. The zero-order valence-corrected chi connectivity index (χ0v) is 23.1. The van der Waals surface area contributed by atoms with Crippen molar-refractivity contribution in [2.75, 3.05) is 5.75 Å². The van der Waals surface area contributed by atoms with E-state index >= 15 is 0 Å². The summed E-state index contributed by atoms with van der Waals surface area (Å²) in [7, 11) is 0. The van der Waals surface area contributed by atoms with Crippen molar-refractivity contribution in [3.8, 4) is 5.75 Å². The Bertz CT molecular complexity index is 1180. The van der Waals surface area contributed by atoms with Crippen molar-refractivity contribution in [3.05, 3.63) is 47.8 Å². The van der Waals surface area contributed by atoms with E-state index in [0.29, 0.717) is 24.4 Å². The molecule has 5 rings (SSSR count). The minimum absolute atomic E-state index is 0.277. The number of amides is 1. The van der Waals surface area contributed by atoms with Crippen LogP contribution in [-0.4, -0.2) is 43.4 Å².